The van der Waals surface area contributed by atoms with Crippen LogP contribution in [0.2, 0.25) is 0 Å². The number of aryl methyl sites for hydroxylation is 2. The molecule has 0 aliphatic heterocycles. The lowest BCUT2D eigenvalue weighted by molar-refractivity contribution is -0.502. The van der Waals surface area contributed by atoms with Crippen LogP contribution >= 0.6 is 0 Å². The van der Waals surface area contributed by atoms with Crippen molar-refractivity contribution in [2.45, 2.75) is 64.8 Å². The molecule has 0 heterocycles. The SMILES string of the molecule is Cc1ccc(C)c(C(C)/C=[N+](\[O-])C2CCCCC2)c1. The van der Waals surface area contributed by atoms with Gasteiger partial charge in [-0.25, -0.2) is 4.74 Å². The summed E-state index contributed by atoms with van der Waals surface area (Å²) < 4.78 is 1.23. The van der Waals surface area contributed by atoms with Crippen molar-refractivity contribution >= 4 is 6.21 Å². The first-order chi connectivity index (χ1) is 9.08. The third-order valence-electron chi connectivity index (χ3n) is 4.23. The van der Waals surface area contributed by atoms with E-state index in [-0.39, 0.29) is 12.0 Å². The van der Waals surface area contributed by atoms with Gasteiger partial charge in [0.25, 0.3) is 0 Å². The van der Waals surface area contributed by atoms with Gasteiger partial charge < -0.3 is 5.21 Å². The topological polar surface area (TPSA) is 26.1 Å². The van der Waals surface area contributed by atoms with Crippen molar-refractivity contribution in [3.05, 3.63) is 40.1 Å². The number of hydrogen-bond acceptors (Lipinski definition) is 1. The Morgan fingerprint density at radius 1 is 1.21 bits per heavy atom. The second-order valence-electron chi connectivity index (χ2n) is 5.95. The first-order valence-corrected chi connectivity index (χ1v) is 7.45. The maximum absolute atomic E-state index is 12.2. The number of hydroxylamine groups is 1. The van der Waals surface area contributed by atoms with Crippen LogP contribution < -0.4 is 0 Å². The molecule has 1 aliphatic carbocycles. The minimum atomic E-state index is 0.194. The average Bonchev–Trinajstić information content (AvgIpc) is 2.42. The summed E-state index contributed by atoms with van der Waals surface area (Å²) >= 11 is 0. The molecular weight excluding hydrogens is 234 g/mol. The lowest BCUT2D eigenvalue weighted by atomic mass is 9.94. The molecule has 1 unspecified atom stereocenters. The van der Waals surface area contributed by atoms with Crippen molar-refractivity contribution in [3.63, 3.8) is 0 Å². The Labute approximate surface area is 116 Å². The average molecular weight is 259 g/mol. The summed E-state index contributed by atoms with van der Waals surface area (Å²) in [6.45, 7) is 6.34. The quantitative estimate of drug-likeness (QED) is 0.343. The molecule has 0 bridgehead atoms. The molecule has 19 heavy (non-hydrogen) atoms. The van der Waals surface area contributed by atoms with E-state index >= 15 is 0 Å². The van der Waals surface area contributed by atoms with Crippen molar-refractivity contribution in [1.82, 2.24) is 0 Å². The summed E-state index contributed by atoms with van der Waals surface area (Å²) in [5.74, 6) is 0.194. The van der Waals surface area contributed by atoms with Crippen LogP contribution in [0.15, 0.2) is 18.2 Å². The van der Waals surface area contributed by atoms with Gasteiger partial charge in [-0.15, -0.1) is 0 Å². The van der Waals surface area contributed by atoms with Crippen LogP contribution in [0.1, 0.15) is 61.6 Å². The molecule has 1 fully saturated rings. The van der Waals surface area contributed by atoms with Crippen molar-refractivity contribution in [1.29, 1.82) is 0 Å². The Morgan fingerprint density at radius 3 is 2.58 bits per heavy atom. The Kier molecular flexibility index (Phi) is 4.62. The summed E-state index contributed by atoms with van der Waals surface area (Å²) in [7, 11) is 0. The summed E-state index contributed by atoms with van der Waals surface area (Å²) in [5.41, 5.74) is 3.80. The van der Waals surface area contributed by atoms with E-state index in [0.29, 0.717) is 0 Å². The summed E-state index contributed by atoms with van der Waals surface area (Å²) in [4.78, 5) is 0. The van der Waals surface area contributed by atoms with E-state index in [9.17, 15) is 5.21 Å². The van der Waals surface area contributed by atoms with E-state index < -0.39 is 0 Å². The zero-order valence-electron chi connectivity index (χ0n) is 12.4. The first kappa shape index (κ1) is 14.1. The van der Waals surface area contributed by atoms with Crippen LogP contribution in [-0.2, 0) is 0 Å². The fourth-order valence-corrected chi connectivity index (χ4v) is 3.01. The molecule has 1 atom stereocenters. The van der Waals surface area contributed by atoms with E-state index in [1.54, 1.807) is 0 Å². The molecular formula is C17H25NO. The minimum absolute atomic E-state index is 0.194. The molecule has 1 aromatic carbocycles. The number of hydrogen-bond donors (Lipinski definition) is 0. The highest BCUT2D eigenvalue weighted by Gasteiger charge is 2.20. The molecule has 0 radical (unpaired) electrons. The van der Waals surface area contributed by atoms with Gasteiger partial charge in [-0.3, -0.25) is 0 Å². The van der Waals surface area contributed by atoms with Crippen LogP contribution in [-0.4, -0.2) is 17.0 Å². The molecule has 1 saturated carbocycles. The van der Waals surface area contributed by atoms with E-state index in [1.807, 2.05) is 6.21 Å². The number of nitrogens with zero attached hydrogens (tertiary/aromatic N) is 1. The normalized spacial score (nSPS) is 19.4. The maximum atomic E-state index is 12.2. The molecule has 0 spiro atoms. The Hall–Kier alpha value is -1.31. The highest BCUT2D eigenvalue weighted by Crippen LogP contribution is 2.22. The second-order valence-corrected chi connectivity index (χ2v) is 5.95. The molecule has 2 nitrogen and oxygen atoms in total. The zero-order chi connectivity index (χ0) is 13.8. The number of rotatable bonds is 3. The van der Waals surface area contributed by atoms with Crippen molar-refractivity contribution in [2.75, 3.05) is 0 Å². The first-order valence-electron chi connectivity index (χ1n) is 7.45. The third-order valence-corrected chi connectivity index (χ3v) is 4.23. The van der Waals surface area contributed by atoms with Gasteiger partial charge in [0.05, 0.1) is 5.92 Å². The molecule has 104 valence electrons. The zero-order valence-corrected chi connectivity index (χ0v) is 12.4. The van der Waals surface area contributed by atoms with Gasteiger partial charge in [-0.05, 0) is 44.7 Å². The molecule has 0 amide bonds. The van der Waals surface area contributed by atoms with Crippen LogP contribution in [0.4, 0.5) is 0 Å². The molecule has 2 rings (SSSR count). The van der Waals surface area contributed by atoms with Gasteiger partial charge in [-0.2, -0.15) is 0 Å². The van der Waals surface area contributed by atoms with Gasteiger partial charge >= 0.3 is 0 Å². The molecule has 1 aromatic rings. The summed E-state index contributed by atoms with van der Waals surface area (Å²) in [5, 5.41) is 12.2. The largest absolute Gasteiger partial charge is 0.624 e. The smallest absolute Gasteiger partial charge is 0.162 e. The molecule has 2 heteroatoms. The second kappa shape index (κ2) is 6.23. The molecule has 0 N–H and O–H groups in total. The highest BCUT2D eigenvalue weighted by atomic mass is 16.5. The summed E-state index contributed by atoms with van der Waals surface area (Å²) in [6, 6.07) is 6.68. The lowest BCUT2D eigenvalue weighted by Crippen LogP contribution is -2.26. The predicted molar refractivity (Wildman–Crippen MR) is 80.9 cm³/mol. The number of benzene rings is 1. The van der Waals surface area contributed by atoms with Gasteiger partial charge in [0.15, 0.2) is 12.3 Å². The van der Waals surface area contributed by atoms with Gasteiger partial charge in [0.2, 0.25) is 0 Å². The molecule has 0 saturated heterocycles. The predicted octanol–water partition coefficient (Wildman–Crippen LogP) is 4.32. The van der Waals surface area contributed by atoms with Crippen molar-refractivity contribution in [2.24, 2.45) is 0 Å². The third kappa shape index (κ3) is 3.59. The minimum Gasteiger partial charge on any atom is -0.624 e. The van der Waals surface area contributed by atoms with E-state index in [4.69, 9.17) is 0 Å². The standard InChI is InChI=1S/C17H25NO/c1-13-9-10-14(2)17(11-13)15(3)12-18(19)16-7-5-4-6-8-16/h9-12,15-16H,4-8H2,1-3H3/b18-12-. The Bertz CT molecular complexity index is 458. The van der Waals surface area contributed by atoms with E-state index in [2.05, 4.69) is 39.0 Å². The summed E-state index contributed by atoms with van der Waals surface area (Å²) in [6.07, 6.45) is 7.68. The van der Waals surface area contributed by atoms with E-state index in [1.165, 1.54) is 40.7 Å². The monoisotopic (exact) mass is 259 g/mol. The highest BCUT2D eigenvalue weighted by molar-refractivity contribution is 5.64. The van der Waals surface area contributed by atoms with Crippen LogP contribution in [0.25, 0.3) is 0 Å². The van der Waals surface area contributed by atoms with Gasteiger partial charge in [-0.1, -0.05) is 30.2 Å². The van der Waals surface area contributed by atoms with Gasteiger partial charge in [0.1, 0.15) is 0 Å². The fourth-order valence-electron chi connectivity index (χ4n) is 3.01. The fraction of sp³-hybridized carbons (Fsp3) is 0.588. The van der Waals surface area contributed by atoms with E-state index in [0.717, 1.165) is 12.8 Å². The van der Waals surface area contributed by atoms with Crippen LogP contribution in [0.5, 0.6) is 0 Å². The molecule has 0 aromatic heterocycles. The van der Waals surface area contributed by atoms with Crippen molar-refractivity contribution in [3.8, 4) is 0 Å². The van der Waals surface area contributed by atoms with Crippen molar-refractivity contribution < 1.29 is 4.74 Å². The lowest BCUT2D eigenvalue weighted by Gasteiger charge is -2.22. The Balaban J connectivity index is 2.14. The molecule has 1 aliphatic rings. The van der Waals surface area contributed by atoms with Crippen LogP contribution in [0.3, 0.4) is 0 Å². The Morgan fingerprint density at radius 2 is 1.89 bits per heavy atom. The van der Waals surface area contributed by atoms with Gasteiger partial charge in [0, 0.05) is 12.8 Å². The van der Waals surface area contributed by atoms with Crippen LogP contribution in [0, 0.1) is 19.1 Å². The maximum Gasteiger partial charge on any atom is 0.162 e.